The zero-order valence-electron chi connectivity index (χ0n) is 20.4. The van der Waals surface area contributed by atoms with Crippen molar-refractivity contribution in [1.29, 1.82) is 0 Å². The van der Waals surface area contributed by atoms with Gasteiger partial charge in [0.25, 0.3) is 11.5 Å². The molecular formula is C26H24N4O6S. The van der Waals surface area contributed by atoms with E-state index in [0.29, 0.717) is 27.5 Å². The number of hydrogen-bond acceptors (Lipinski definition) is 8. The van der Waals surface area contributed by atoms with Gasteiger partial charge in [-0.25, -0.2) is 9.78 Å². The van der Waals surface area contributed by atoms with Crippen molar-refractivity contribution in [3.63, 3.8) is 0 Å². The Hall–Kier alpha value is -4.51. The average molecular weight is 521 g/mol. The maximum absolute atomic E-state index is 13.2. The van der Waals surface area contributed by atoms with Crippen LogP contribution in [0.25, 0.3) is 10.2 Å². The minimum Gasteiger partial charge on any atom is -0.495 e. The fourth-order valence-electron chi connectivity index (χ4n) is 3.74. The Morgan fingerprint density at radius 2 is 1.73 bits per heavy atom. The number of ether oxygens (including phenoxy) is 2. The molecule has 0 fully saturated rings. The molecule has 4 rings (SSSR count). The number of hydrogen-bond donors (Lipinski definition) is 2. The van der Waals surface area contributed by atoms with Crippen LogP contribution in [0.15, 0.2) is 59.7 Å². The van der Waals surface area contributed by atoms with E-state index in [4.69, 9.17) is 9.47 Å². The van der Waals surface area contributed by atoms with Gasteiger partial charge >= 0.3 is 5.97 Å². The molecule has 2 N–H and O–H groups in total. The quantitative estimate of drug-likeness (QED) is 0.338. The highest BCUT2D eigenvalue weighted by molar-refractivity contribution is 7.20. The molecule has 0 aliphatic heterocycles. The van der Waals surface area contributed by atoms with E-state index in [1.165, 1.54) is 18.0 Å². The minimum atomic E-state index is -0.553. The van der Waals surface area contributed by atoms with Gasteiger partial charge in [-0.05, 0) is 43.7 Å². The van der Waals surface area contributed by atoms with Crippen LogP contribution in [0.3, 0.4) is 0 Å². The highest BCUT2D eigenvalue weighted by Gasteiger charge is 2.22. The van der Waals surface area contributed by atoms with E-state index in [0.717, 1.165) is 11.3 Å². The largest absolute Gasteiger partial charge is 0.495 e. The van der Waals surface area contributed by atoms with Gasteiger partial charge in [0.05, 0.1) is 47.2 Å². The van der Waals surface area contributed by atoms with Gasteiger partial charge in [-0.3, -0.25) is 19.0 Å². The topological polar surface area (TPSA) is 129 Å². The molecule has 0 saturated carbocycles. The summed E-state index contributed by atoms with van der Waals surface area (Å²) >= 11 is 1.06. The van der Waals surface area contributed by atoms with E-state index in [1.54, 1.807) is 62.4 Å². The number of rotatable bonds is 8. The molecule has 0 bridgehead atoms. The molecule has 0 radical (unpaired) electrons. The van der Waals surface area contributed by atoms with Gasteiger partial charge in [-0.15, -0.1) is 11.3 Å². The predicted molar refractivity (Wildman–Crippen MR) is 141 cm³/mol. The van der Waals surface area contributed by atoms with E-state index in [2.05, 4.69) is 15.6 Å². The van der Waals surface area contributed by atoms with Crippen molar-refractivity contribution in [3.05, 3.63) is 81.2 Å². The molecule has 0 aliphatic rings. The summed E-state index contributed by atoms with van der Waals surface area (Å²) in [6.45, 7) is 3.27. The third-order valence-corrected chi connectivity index (χ3v) is 6.69. The number of amides is 2. The number of carbonyl (C=O) groups excluding carboxylic acids is 3. The molecule has 10 nitrogen and oxygen atoms in total. The third kappa shape index (κ3) is 5.36. The summed E-state index contributed by atoms with van der Waals surface area (Å²) in [5.74, 6) is -0.987. The third-order valence-electron chi connectivity index (χ3n) is 5.49. The summed E-state index contributed by atoms with van der Waals surface area (Å²) in [7, 11) is 1.50. The summed E-state index contributed by atoms with van der Waals surface area (Å²) in [6, 6.07) is 13.4. The van der Waals surface area contributed by atoms with Crippen molar-refractivity contribution in [2.24, 2.45) is 0 Å². The van der Waals surface area contributed by atoms with Gasteiger partial charge in [-0.1, -0.05) is 24.3 Å². The molecule has 0 unspecified atom stereocenters. The van der Waals surface area contributed by atoms with Gasteiger partial charge in [0.15, 0.2) is 0 Å². The molecule has 37 heavy (non-hydrogen) atoms. The van der Waals surface area contributed by atoms with Crippen LogP contribution in [0.1, 0.15) is 32.5 Å². The Labute approximate surface area is 215 Å². The predicted octanol–water partition coefficient (Wildman–Crippen LogP) is 3.84. The molecule has 0 atom stereocenters. The SMILES string of the molecule is CCOC(=O)c1ccccc1NC(=O)c1sc2ncn(CC(=O)Nc3ccccc3OC)c(=O)c2c1C. The second-order valence-electron chi connectivity index (χ2n) is 7.88. The number of aryl methyl sites for hydroxylation is 1. The van der Waals surface area contributed by atoms with Gasteiger partial charge in [0, 0.05) is 0 Å². The van der Waals surface area contributed by atoms with Crippen LogP contribution in [0.2, 0.25) is 0 Å². The van der Waals surface area contributed by atoms with Crippen molar-refractivity contribution >= 4 is 50.7 Å². The van der Waals surface area contributed by atoms with Crippen molar-refractivity contribution in [1.82, 2.24) is 9.55 Å². The van der Waals surface area contributed by atoms with Crippen molar-refractivity contribution in [2.45, 2.75) is 20.4 Å². The summed E-state index contributed by atoms with van der Waals surface area (Å²) in [6.07, 6.45) is 1.28. The molecule has 2 heterocycles. The van der Waals surface area contributed by atoms with Crippen LogP contribution in [0.5, 0.6) is 5.75 Å². The molecule has 11 heteroatoms. The molecule has 190 valence electrons. The molecular weight excluding hydrogens is 496 g/mol. The van der Waals surface area contributed by atoms with Crippen LogP contribution in [0.4, 0.5) is 11.4 Å². The Morgan fingerprint density at radius 1 is 1.03 bits per heavy atom. The summed E-state index contributed by atoms with van der Waals surface area (Å²) in [5, 5.41) is 5.70. The normalized spacial score (nSPS) is 10.7. The summed E-state index contributed by atoms with van der Waals surface area (Å²) < 4.78 is 11.5. The number of nitrogens with zero attached hydrogens (tertiary/aromatic N) is 2. The van der Waals surface area contributed by atoms with Crippen LogP contribution in [0, 0.1) is 6.92 Å². The molecule has 2 aromatic carbocycles. The lowest BCUT2D eigenvalue weighted by Gasteiger charge is -2.10. The Bertz CT molecular complexity index is 1560. The van der Waals surface area contributed by atoms with E-state index in [-0.39, 0.29) is 29.0 Å². The van der Waals surface area contributed by atoms with Gasteiger partial charge in [0.1, 0.15) is 17.1 Å². The maximum Gasteiger partial charge on any atom is 0.340 e. The van der Waals surface area contributed by atoms with Crippen molar-refractivity contribution in [3.8, 4) is 5.75 Å². The first-order chi connectivity index (χ1) is 17.8. The lowest BCUT2D eigenvalue weighted by Crippen LogP contribution is -2.28. The van der Waals surface area contributed by atoms with E-state index in [9.17, 15) is 19.2 Å². The number of benzene rings is 2. The number of carbonyl (C=O) groups is 3. The fourth-order valence-corrected chi connectivity index (χ4v) is 4.77. The molecule has 0 spiro atoms. The zero-order valence-corrected chi connectivity index (χ0v) is 21.2. The highest BCUT2D eigenvalue weighted by atomic mass is 32.1. The first kappa shape index (κ1) is 25.6. The van der Waals surface area contributed by atoms with E-state index >= 15 is 0 Å². The molecule has 0 saturated heterocycles. The number of fused-ring (bicyclic) bond motifs is 1. The summed E-state index contributed by atoms with van der Waals surface area (Å²) in [5.41, 5.74) is 0.980. The average Bonchev–Trinajstić information content (AvgIpc) is 3.23. The first-order valence-corrected chi connectivity index (χ1v) is 12.1. The second kappa shape index (κ2) is 11.0. The van der Waals surface area contributed by atoms with Crippen LogP contribution in [-0.2, 0) is 16.1 Å². The lowest BCUT2D eigenvalue weighted by molar-refractivity contribution is -0.116. The molecule has 4 aromatic rings. The van der Waals surface area contributed by atoms with Gasteiger partial charge in [0.2, 0.25) is 5.91 Å². The van der Waals surface area contributed by atoms with Crippen molar-refractivity contribution in [2.75, 3.05) is 24.4 Å². The standard InChI is InChI=1S/C26H24N4O6S/c1-4-36-26(34)16-9-5-6-10-17(16)29-23(32)22-15(2)21-24(37-22)27-14-30(25(21)33)13-20(31)28-18-11-7-8-12-19(18)35-3/h5-12,14H,4,13H2,1-3H3,(H,28,31)(H,29,32). The van der Waals surface area contributed by atoms with Crippen molar-refractivity contribution < 1.29 is 23.9 Å². The molecule has 0 aliphatic carbocycles. The number of anilines is 2. The van der Waals surface area contributed by atoms with E-state index in [1.807, 2.05) is 0 Å². The molecule has 2 aromatic heterocycles. The zero-order chi connectivity index (χ0) is 26.5. The summed E-state index contributed by atoms with van der Waals surface area (Å²) in [4.78, 5) is 56.1. The second-order valence-corrected chi connectivity index (χ2v) is 8.88. The Balaban J connectivity index is 1.58. The number of methoxy groups -OCH3 is 1. The number of nitrogens with one attached hydrogen (secondary N) is 2. The maximum atomic E-state index is 13.2. The first-order valence-electron chi connectivity index (χ1n) is 11.3. The number of para-hydroxylation sites is 3. The Kier molecular flexibility index (Phi) is 7.63. The lowest BCUT2D eigenvalue weighted by atomic mass is 10.1. The van der Waals surface area contributed by atoms with Gasteiger partial charge < -0.3 is 20.1 Å². The number of aromatic nitrogens is 2. The van der Waals surface area contributed by atoms with Gasteiger partial charge in [-0.2, -0.15) is 0 Å². The van der Waals surface area contributed by atoms with Crippen LogP contribution >= 0.6 is 11.3 Å². The fraction of sp³-hybridized carbons (Fsp3) is 0.192. The van der Waals surface area contributed by atoms with Crippen LogP contribution in [-0.4, -0.2) is 41.1 Å². The highest BCUT2D eigenvalue weighted by Crippen LogP contribution is 2.28. The number of thiophene rings is 1. The van der Waals surface area contributed by atoms with Crippen LogP contribution < -0.4 is 20.9 Å². The van der Waals surface area contributed by atoms with E-state index < -0.39 is 23.3 Å². The molecule has 2 amide bonds. The number of esters is 1. The smallest absolute Gasteiger partial charge is 0.340 e. The minimum absolute atomic E-state index is 0.200. The monoisotopic (exact) mass is 520 g/mol. The Morgan fingerprint density at radius 3 is 2.46 bits per heavy atom.